The fraction of sp³-hybridized carbons (Fsp3) is 0.182. The highest BCUT2D eigenvalue weighted by molar-refractivity contribution is 9.10. The Labute approximate surface area is 111 Å². The van der Waals surface area contributed by atoms with Gasteiger partial charge in [0.2, 0.25) is 5.89 Å². The third-order valence-electron chi connectivity index (χ3n) is 2.16. The Hall–Kier alpha value is -1.89. The fourth-order valence-electron chi connectivity index (χ4n) is 1.32. The van der Waals surface area contributed by atoms with Gasteiger partial charge in [0.25, 0.3) is 5.91 Å². The second kappa shape index (κ2) is 5.18. The molecule has 1 aromatic heterocycles. The summed E-state index contributed by atoms with van der Waals surface area (Å²) in [6, 6.07) is 5.15. The van der Waals surface area contributed by atoms with Gasteiger partial charge in [-0.25, -0.2) is 0 Å². The zero-order valence-electron chi connectivity index (χ0n) is 9.73. The number of nitrogens with zero attached hydrogens (tertiary/aromatic N) is 2. The number of halogens is 1. The number of hydrogen-bond acceptors (Lipinski definition) is 5. The van der Waals surface area contributed by atoms with Crippen LogP contribution in [0.3, 0.4) is 0 Å². The van der Waals surface area contributed by atoms with Gasteiger partial charge in [-0.3, -0.25) is 10.1 Å². The standard InChI is InChI=1S/C11H10BrN3O3/c1-6-14-15-11(18-6)13-10(16)8-5-7(17-2)3-4-9(8)12/h3-5H,1-2H3,(H,13,15,16). The SMILES string of the molecule is COc1ccc(Br)c(C(=O)Nc2nnc(C)o2)c1. The van der Waals surface area contributed by atoms with E-state index in [1.807, 2.05) is 0 Å². The van der Waals surface area contributed by atoms with E-state index in [4.69, 9.17) is 9.15 Å². The van der Waals surface area contributed by atoms with Crippen LogP contribution in [0.2, 0.25) is 0 Å². The predicted octanol–water partition coefficient (Wildman–Crippen LogP) is 2.40. The smallest absolute Gasteiger partial charge is 0.322 e. The second-order valence-electron chi connectivity index (χ2n) is 3.43. The van der Waals surface area contributed by atoms with Crippen molar-refractivity contribution in [2.24, 2.45) is 0 Å². The number of rotatable bonds is 3. The molecule has 0 atom stereocenters. The third-order valence-corrected chi connectivity index (χ3v) is 2.86. The first kappa shape index (κ1) is 12.6. The molecule has 0 unspecified atom stereocenters. The number of aromatic nitrogens is 2. The molecule has 2 aromatic rings. The number of amides is 1. The van der Waals surface area contributed by atoms with Crippen molar-refractivity contribution in [2.45, 2.75) is 6.92 Å². The first-order valence-electron chi connectivity index (χ1n) is 5.05. The molecule has 0 bridgehead atoms. The molecule has 0 radical (unpaired) electrons. The Morgan fingerprint density at radius 2 is 2.22 bits per heavy atom. The molecular formula is C11H10BrN3O3. The van der Waals surface area contributed by atoms with E-state index in [1.165, 1.54) is 7.11 Å². The molecule has 0 aliphatic heterocycles. The van der Waals surface area contributed by atoms with Crippen molar-refractivity contribution in [3.05, 3.63) is 34.1 Å². The summed E-state index contributed by atoms with van der Waals surface area (Å²) in [5, 5.41) is 9.82. The molecule has 6 nitrogen and oxygen atoms in total. The highest BCUT2D eigenvalue weighted by Gasteiger charge is 2.14. The van der Waals surface area contributed by atoms with Crippen molar-refractivity contribution in [3.63, 3.8) is 0 Å². The molecule has 0 aliphatic rings. The summed E-state index contributed by atoms with van der Waals surface area (Å²) in [5.41, 5.74) is 0.421. The van der Waals surface area contributed by atoms with E-state index in [2.05, 4.69) is 31.4 Å². The molecular weight excluding hydrogens is 302 g/mol. The van der Waals surface area contributed by atoms with Crippen LogP contribution in [0, 0.1) is 6.92 Å². The van der Waals surface area contributed by atoms with Crippen molar-refractivity contribution in [2.75, 3.05) is 12.4 Å². The summed E-state index contributed by atoms with van der Waals surface area (Å²) in [7, 11) is 1.53. The predicted molar refractivity (Wildman–Crippen MR) is 67.7 cm³/mol. The lowest BCUT2D eigenvalue weighted by molar-refractivity contribution is 0.102. The van der Waals surface area contributed by atoms with Crippen molar-refractivity contribution in [3.8, 4) is 5.75 Å². The minimum absolute atomic E-state index is 0.0622. The molecule has 18 heavy (non-hydrogen) atoms. The highest BCUT2D eigenvalue weighted by atomic mass is 79.9. The number of methoxy groups -OCH3 is 1. The number of ether oxygens (including phenoxy) is 1. The summed E-state index contributed by atoms with van der Waals surface area (Å²) < 4.78 is 10.8. The zero-order valence-corrected chi connectivity index (χ0v) is 11.3. The van der Waals surface area contributed by atoms with Gasteiger partial charge in [-0.15, -0.1) is 5.10 Å². The van der Waals surface area contributed by atoms with E-state index in [0.717, 1.165) is 0 Å². The Morgan fingerprint density at radius 3 is 2.83 bits per heavy atom. The number of carbonyl (C=O) groups excluding carboxylic acids is 1. The first-order valence-corrected chi connectivity index (χ1v) is 5.84. The lowest BCUT2D eigenvalue weighted by Gasteiger charge is -2.06. The summed E-state index contributed by atoms with van der Waals surface area (Å²) in [6.07, 6.45) is 0. The number of aryl methyl sites for hydroxylation is 1. The minimum Gasteiger partial charge on any atom is -0.497 e. The maximum atomic E-state index is 12.0. The topological polar surface area (TPSA) is 77.2 Å². The lowest BCUT2D eigenvalue weighted by Crippen LogP contribution is -2.13. The number of benzene rings is 1. The summed E-state index contributed by atoms with van der Waals surface area (Å²) in [5.74, 6) is 0.615. The largest absolute Gasteiger partial charge is 0.497 e. The van der Waals surface area contributed by atoms with E-state index in [0.29, 0.717) is 21.7 Å². The van der Waals surface area contributed by atoms with Crippen LogP contribution < -0.4 is 10.1 Å². The van der Waals surface area contributed by atoms with Crippen LogP contribution in [0.1, 0.15) is 16.2 Å². The molecule has 94 valence electrons. The summed E-state index contributed by atoms with van der Waals surface area (Å²) in [4.78, 5) is 12.0. The van der Waals surface area contributed by atoms with Gasteiger partial charge >= 0.3 is 6.01 Å². The Balaban J connectivity index is 2.23. The Kier molecular flexibility index (Phi) is 3.61. The van der Waals surface area contributed by atoms with Crippen molar-refractivity contribution < 1.29 is 13.9 Å². The molecule has 1 heterocycles. The van der Waals surface area contributed by atoms with Gasteiger partial charge in [-0.1, -0.05) is 5.10 Å². The van der Waals surface area contributed by atoms with Gasteiger partial charge in [-0.05, 0) is 34.1 Å². The van der Waals surface area contributed by atoms with Gasteiger partial charge in [0, 0.05) is 11.4 Å². The van der Waals surface area contributed by atoms with Crippen LogP contribution in [0.4, 0.5) is 6.01 Å². The molecule has 0 saturated heterocycles. The quantitative estimate of drug-likeness (QED) is 0.941. The number of anilines is 1. The average molecular weight is 312 g/mol. The molecule has 7 heteroatoms. The molecule has 2 rings (SSSR count). The van der Waals surface area contributed by atoms with Crippen LogP contribution in [0.15, 0.2) is 27.1 Å². The Morgan fingerprint density at radius 1 is 1.44 bits per heavy atom. The zero-order chi connectivity index (χ0) is 13.1. The first-order chi connectivity index (χ1) is 8.60. The summed E-state index contributed by atoms with van der Waals surface area (Å²) in [6.45, 7) is 1.64. The van der Waals surface area contributed by atoms with Crippen LogP contribution >= 0.6 is 15.9 Å². The molecule has 0 saturated carbocycles. The maximum absolute atomic E-state index is 12.0. The molecule has 0 aliphatic carbocycles. The molecule has 1 aromatic carbocycles. The van der Waals surface area contributed by atoms with Gasteiger partial charge in [-0.2, -0.15) is 0 Å². The molecule has 1 N–H and O–H groups in total. The van der Waals surface area contributed by atoms with Gasteiger partial charge < -0.3 is 9.15 Å². The van der Waals surface area contributed by atoms with Gasteiger partial charge in [0.1, 0.15) is 5.75 Å². The lowest BCUT2D eigenvalue weighted by atomic mass is 10.2. The fourth-order valence-corrected chi connectivity index (χ4v) is 1.74. The molecule has 1 amide bonds. The maximum Gasteiger partial charge on any atom is 0.322 e. The third kappa shape index (κ3) is 2.67. The van der Waals surface area contributed by atoms with Crippen molar-refractivity contribution >= 4 is 27.9 Å². The van der Waals surface area contributed by atoms with Crippen LogP contribution in [-0.4, -0.2) is 23.2 Å². The molecule has 0 spiro atoms. The van der Waals surface area contributed by atoms with Crippen molar-refractivity contribution in [1.82, 2.24) is 10.2 Å². The van der Waals surface area contributed by atoms with Crippen LogP contribution in [0.25, 0.3) is 0 Å². The van der Waals surface area contributed by atoms with Gasteiger partial charge in [0.15, 0.2) is 0 Å². The van der Waals surface area contributed by atoms with Crippen LogP contribution in [-0.2, 0) is 0 Å². The Bertz CT molecular complexity index is 583. The number of carbonyl (C=O) groups is 1. The van der Waals surface area contributed by atoms with E-state index in [9.17, 15) is 4.79 Å². The number of hydrogen-bond donors (Lipinski definition) is 1. The van der Waals surface area contributed by atoms with Gasteiger partial charge in [0.05, 0.1) is 12.7 Å². The van der Waals surface area contributed by atoms with Crippen LogP contribution in [0.5, 0.6) is 5.75 Å². The van der Waals surface area contributed by atoms with E-state index < -0.39 is 0 Å². The monoisotopic (exact) mass is 311 g/mol. The van der Waals surface area contributed by atoms with E-state index >= 15 is 0 Å². The normalized spacial score (nSPS) is 10.2. The van der Waals surface area contributed by atoms with Crippen molar-refractivity contribution in [1.29, 1.82) is 0 Å². The number of nitrogens with one attached hydrogen (secondary N) is 1. The second-order valence-corrected chi connectivity index (χ2v) is 4.28. The van der Waals surface area contributed by atoms with E-state index in [-0.39, 0.29) is 11.9 Å². The summed E-state index contributed by atoms with van der Waals surface area (Å²) >= 11 is 3.30. The average Bonchev–Trinajstić information content (AvgIpc) is 2.75. The highest BCUT2D eigenvalue weighted by Crippen LogP contribution is 2.23. The van der Waals surface area contributed by atoms with E-state index in [1.54, 1.807) is 25.1 Å². The minimum atomic E-state index is -0.357. The molecule has 0 fully saturated rings.